The molecule has 17 nitrogen and oxygen atoms in total. The van der Waals surface area contributed by atoms with Crippen molar-refractivity contribution in [2.45, 2.75) is 290 Å². The van der Waals surface area contributed by atoms with Gasteiger partial charge in [0.15, 0.2) is 12.2 Å². The van der Waals surface area contributed by atoms with Crippen LogP contribution in [0.1, 0.15) is 272 Å². The van der Waals surface area contributed by atoms with E-state index in [2.05, 4.69) is 210 Å². The number of allylic oxidation sites excluding steroid dienone is 36. The minimum absolute atomic E-state index is 0.0173. The highest BCUT2D eigenvalue weighted by Crippen LogP contribution is 2.45. The van der Waals surface area contributed by atoms with Gasteiger partial charge in [0, 0.05) is 25.7 Å². The third-order valence-electron chi connectivity index (χ3n) is 15.9. The summed E-state index contributed by atoms with van der Waals surface area (Å²) in [5.41, 5.74) is 0. The van der Waals surface area contributed by atoms with Crippen LogP contribution < -0.4 is 0 Å². The van der Waals surface area contributed by atoms with Gasteiger partial charge in [0.2, 0.25) is 0 Å². The smallest absolute Gasteiger partial charge is 0.462 e. The maximum Gasteiger partial charge on any atom is 0.472 e. The molecule has 0 radical (unpaired) electrons. The summed E-state index contributed by atoms with van der Waals surface area (Å²) < 4.78 is 68.5. The second-order valence-corrected chi connectivity index (χ2v) is 29.1. The van der Waals surface area contributed by atoms with Crippen molar-refractivity contribution < 1.29 is 80.2 Å². The molecule has 618 valence electrons. The summed E-state index contributed by atoms with van der Waals surface area (Å²) in [7, 11) is -10.0. The summed E-state index contributed by atoms with van der Waals surface area (Å²) in [6.07, 6.45) is 102. The SMILES string of the molecule is CC/C=C\C/C=C\C/C=C\C/C=C\C/C=C\C/C=C\CCC(=O)OCC(COP(=O)(O)OCC(O)COP(=O)(O)OCC(COC(=O)CC/C=C\C/C=C\C/C=C\C/C=C\C/C=C\C/C=C\CC)OC(=O)CCCCCCC/C=C\CCCCCC)OC(=O)CCCCC/C=C\C/C=C\C/C=C\C/C=C\C/C=C\CC. The molecule has 0 fully saturated rings. The third-order valence-corrected chi connectivity index (χ3v) is 17.8. The summed E-state index contributed by atoms with van der Waals surface area (Å²) >= 11 is 0. The topological polar surface area (TPSA) is 237 Å². The van der Waals surface area contributed by atoms with Crippen molar-refractivity contribution >= 4 is 39.5 Å². The summed E-state index contributed by atoms with van der Waals surface area (Å²) in [6.45, 7) is 4.26. The maximum absolute atomic E-state index is 13.1. The van der Waals surface area contributed by atoms with E-state index in [1.165, 1.54) is 25.7 Å². The van der Waals surface area contributed by atoms with Gasteiger partial charge in [-0.3, -0.25) is 37.3 Å². The molecular formula is C91H142O17P2. The van der Waals surface area contributed by atoms with Crippen LogP contribution in [0, 0.1) is 0 Å². The van der Waals surface area contributed by atoms with Crippen molar-refractivity contribution in [2.24, 2.45) is 0 Å². The first-order valence-corrected chi connectivity index (χ1v) is 44.0. The molecule has 0 aliphatic heterocycles. The van der Waals surface area contributed by atoms with Crippen molar-refractivity contribution in [2.75, 3.05) is 39.6 Å². The molecule has 0 bridgehead atoms. The van der Waals surface area contributed by atoms with E-state index in [4.69, 9.17) is 37.0 Å². The fourth-order valence-corrected chi connectivity index (χ4v) is 11.4. The summed E-state index contributed by atoms with van der Waals surface area (Å²) in [5.74, 6) is -2.44. The predicted octanol–water partition coefficient (Wildman–Crippen LogP) is 24.4. The van der Waals surface area contributed by atoms with E-state index < -0.39 is 97.5 Å². The highest BCUT2D eigenvalue weighted by atomic mass is 31.2. The van der Waals surface area contributed by atoms with E-state index >= 15 is 0 Å². The van der Waals surface area contributed by atoms with E-state index in [1.807, 2.05) is 36.5 Å². The second kappa shape index (κ2) is 80.4. The lowest BCUT2D eigenvalue weighted by molar-refractivity contribution is -0.161. The zero-order chi connectivity index (χ0) is 80.3. The lowest BCUT2D eigenvalue weighted by Gasteiger charge is -2.21. The Bertz CT molecular complexity index is 2950. The number of aliphatic hydroxyl groups excluding tert-OH is 1. The maximum atomic E-state index is 13.1. The van der Waals surface area contributed by atoms with Gasteiger partial charge in [0.1, 0.15) is 19.3 Å². The number of ether oxygens (including phenoxy) is 4. The van der Waals surface area contributed by atoms with Gasteiger partial charge < -0.3 is 33.8 Å². The number of aliphatic hydroxyl groups is 1. The fraction of sp³-hybridized carbons (Fsp3) is 0.560. The van der Waals surface area contributed by atoms with Gasteiger partial charge in [-0.25, -0.2) is 9.13 Å². The Labute approximate surface area is 664 Å². The number of phosphoric ester groups is 2. The van der Waals surface area contributed by atoms with Crippen LogP contribution in [0.3, 0.4) is 0 Å². The normalized spacial score (nSPS) is 14.9. The minimum atomic E-state index is -5.02. The summed E-state index contributed by atoms with van der Waals surface area (Å²) in [5, 5.41) is 10.7. The molecule has 0 amide bonds. The number of phosphoric acid groups is 2. The number of carbonyl (C=O) groups excluding carboxylic acids is 4. The van der Waals surface area contributed by atoms with Crippen LogP contribution in [0.15, 0.2) is 219 Å². The molecule has 0 heterocycles. The summed E-state index contributed by atoms with van der Waals surface area (Å²) in [6, 6.07) is 0. The Kier molecular flexibility index (Phi) is 75.6. The molecule has 5 unspecified atom stereocenters. The lowest BCUT2D eigenvalue weighted by Crippen LogP contribution is -2.30. The molecule has 0 aliphatic rings. The molecule has 0 spiro atoms. The standard InChI is InChI=1S/C91H142O17P2/c1-5-9-13-17-21-25-29-33-36-39-42-45-48-52-55-59-63-67-71-75-88(93)101-81-86(107-90(95)77-73-69-65-61-57-51-32-28-24-20-16-12-8-4)83-105-109(97,98)103-79-85(92)80-104-110(99,100)106-84-87(108-91(96)78-74-70-66-62-58-54-50-47-44-41-38-35-31-27-23-19-15-11-7-3)82-102-89(94)76-72-68-64-60-56-53-49-46-43-40-37-34-30-26-22-18-14-10-6-2/h9-11,13-15,21-23,25-28,32-38,42-47,52-56,58,63-64,67-68,85-87,92H,5-8,12,16-20,24,29-31,39-41,48-51,57,59-62,65-66,69-84H2,1-4H3,(H,97,98)(H,99,100)/b13-9-,14-10-,15-11-,25-21-,26-22-,27-23-,32-28-,36-33-,37-34-,38-35-,45-42-,46-43-,47-44-,55-52-,56-53-,58-54-,67-63-,68-64-. The Morgan fingerprint density at radius 2 is 0.491 bits per heavy atom. The van der Waals surface area contributed by atoms with Crippen LogP contribution in [0.4, 0.5) is 0 Å². The van der Waals surface area contributed by atoms with Crippen molar-refractivity contribution in [1.29, 1.82) is 0 Å². The van der Waals surface area contributed by atoms with Gasteiger partial charge in [-0.05, 0) is 173 Å². The van der Waals surface area contributed by atoms with Crippen molar-refractivity contribution in [1.82, 2.24) is 0 Å². The molecule has 110 heavy (non-hydrogen) atoms. The Morgan fingerprint density at radius 1 is 0.264 bits per heavy atom. The van der Waals surface area contributed by atoms with Crippen LogP contribution in [-0.4, -0.2) is 96.7 Å². The number of carbonyl (C=O) groups is 4. The van der Waals surface area contributed by atoms with E-state index in [9.17, 15) is 43.2 Å². The molecule has 0 aliphatic carbocycles. The molecule has 0 aromatic heterocycles. The quantitative estimate of drug-likeness (QED) is 0.0169. The predicted molar refractivity (Wildman–Crippen MR) is 454 cm³/mol. The monoisotopic (exact) mass is 1570 g/mol. The molecule has 0 rings (SSSR count). The number of hydrogen-bond acceptors (Lipinski definition) is 15. The number of rotatable bonds is 74. The van der Waals surface area contributed by atoms with E-state index in [1.54, 1.807) is 0 Å². The van der Waals surface area contributed by atoms with Crippen LogP contribution in [-0.2, 0) is 65.4 Å². The fourth-order valence-electron chi connectivity index (χ4n) is 9.82. The van der Waals surface area contributed by atoms with Crippen LogP contribution in [0.2, 0.25) is 0 Å². The first kappa shape index (κ1) is 103. The van der Waals surface area contributed by atoms with Crippen LogP contribution in [0.25, 0.3) is 0 Å². The van der Waals surface area contributed by atoms with Gasteiger partial charge in [0.25, 0.3) is 0 Å². The van der Waals surface area contributed by atoms with Gasteiger partial charge in [0.05, 0.1) is 26.4 Å². The Morgan fingerprint density at radius 3 is 0.782 bits per heavy atom. The second-order valence-electron chi connectivity index (χ2n) is 26.2. The lowest BCUT2D eigenvalue weighted by atomic mass is 10.1. The molecule has 0 saturated heterocycles. The Balaban J connectivity index is 5.56. The zero-order valence-corrected chi connectivity index (χ0v) is 69.4. The van der Waals surface area contributed by atoms with E-state index in [-0.39, 0.29) is 25.7 Å². The molecule has 0 aromatic rings. The van der Waals surface area contributed by atoms with Crippen molar-refractivity contribution in [3.8, 4) is 0 Å². The average Bonchev–Trinajstić information content (AvgIpc) is 0.900. The van der Waals surface area contributed by atoms with Gasteiger partial charge >= 0.3 is 39.5 Å². The first-order chi connectivity index (χ1) is 53.7. The molecule has 19 heteroatoms. The highest BCUT2D eigenvalue weighted by Gasteiger charge is 2.30. The average molecular weight is 1570 g/mol. The van der Waals surface area contributed by atoms with Gasteiger partial charge in [-0.1, -0.05) is 291 Å². The number of hydrogen-bond donors (Lipinski definition) is 3. The summed E-state index contributed by atoms with van der Waals surface area (Å²) in [4.78, 5) is 73.1. The molecule has 0 saturated carbocycles. The number of esters is 4. The van der Waals surface area contributed by atoms with E-state index in [0.29, 0.717) is 38.5 Å². The largest absolute Gasteiger partial charge is 0.472 e. The van der Waals surface area contributed by atoms with Crippen molar-refractivity contribution in [3.05, 3.63) is 219 Å². The van der Waals surface area contributed by atoms with Crippen LogP contribution in [0.5, 0.6) is 0 Å². The Hall–Kier alpha value is -6.62. The zero-order valence-electron chi connectivity index (χ0n) is 67.6. The molecule has 5 atom stereocenters. The minimum Gasteiger partial charge on any atom is -0.462 e. The van der Waals surface area contributed by atoms with Crippen LogP contribution >= 0.6 is 15.6 Å². The van der Waals surface area contributed by atoms with E-state index in [0.717, 1.165) is 154 Å². The molecule has 3 N–H and O–H groups in total. The highest BCUT2D eigenvalue weighted by molar-refractivity contribution is 7.47. The molecule has 0 aromatic carbocycles. The van der Waals surface area contributed by atoms with Gasteiger partial charge in [-0.2, -0.15) is 0 Å². The number of unbranched alkanes of at least 4 members (excludes halogenated alkanes) is 12. The molecular weight excluding hydrogens is 1430 g/mol. The first-order valence-electron chi connectivity index (χ1n) is 41.0. The third kappa shape index (κ3) is 79.5. The van der Waals surface area contributed by atoms with Gasteiger partial charge in [-0.15, -0.1) is 0 Å². The van der Waals surface area contributed by atoms with Crippen molar-refractivity contribution in [3.63, 3.8) is 0 Å².